The molecule has 79 heavy (non-hydrogen) atoms. The van der Waals surface area contributed by atoms with Crippen LogP contribution < -0.4 is 10.6 Å². The highest BCUT2D eigenvalue weighted by Gasteiger charge is 2.50. The van der Waals surface area contributed by atoms with Crippen molar-refractivity contribution in [1.82, 2.24) is 59.6 Å². The summed E-state index contributed by atoms with van der Waals surface area (Å²) < 4.78 is 83.4. The molecule has 8 aromatic heterocycles. The summed E-state index contributed by atoms with van der Waals surface area (Å²) in [6.07, 6.45) is 13.2. The molecule has 2 aliphatic heterocycles. The van der Waals surface area contributed by atoms with E-state index in [1.165, 1.54) is 0 Å². The van der Waals surface area contributed by atoms with Crippen molar-refractivity contribution in [2.75, 3.05) is 36.8 Å². The minimum Gasteiger partial charge on any atom is -0.361 e. The first-order valence-corrected chi connectivity index (χ1v) is 26.9. The Morgan fingerprint density at radius 3 is 1.61 bits per heavy atom. The Morgan fingerprint density at radius 1 is 0.620 bits per heavy atom. The number of alkyl halides is 4. The predicted molar refractivity (Wildman–Crippen MR) is 291 cm³/mol. The van der Waals surface area contributed by atoms with E-state index in [-0.39, 0.29) is 50.3 Å². The average Bonchev–Trinajstić information content (AvgIpc) is 4.51. The van der Waals surface area contributed by atoms with Crippen molar-refractivity contribution in [3.8, 4) is 50.7 Å². The van der Waals surface area contributed by atoms with Gasteiger partial charge in [-0.15, -0.1) is 0 Å². The second-order valence-electron chi connectivity index (χ2n) is 21.0. The Bertz CT molecular complexity index is 3690. The molecule has 0 spiro atoms. The first-order valence-electron chi connectivity index (χ1n) is 26.3. The lowest BCUT2D eigenvalue weighted by molar-refractivity contribution is -0.146. The van der Waals surface area contributed by atoms with Crippen molar-refractivity contribution in [3.05, 3.63) is 113 Å². The maximum atomic E-state index is 13.6. The van der Waals surface area contributed by atoms with Gasteiger partial charge in [-0.25, -0.2) is 47.5 Å². The number of benzene rings is 1. The molecule has 2 aliphatic carbocycles. The number of likely N-dealkylation sites (tertiary alicyclic amines) is 2. The van der Waals surface area contributed by atoms with E-state index in [0.717, 1.165) is 145 Å². The fraction of sp³-hybridized carbons (Fsp3) is 0.393. The van der Waals surface area contributed by atoms with Crippen LogP contribution in [-0.2, 0) is 11.6 Å². The molecule has 4 fully saturated rings. The van der Waals surface area contributed by atoms with Crippen LogP contribution in [0.15, 0.2) is 88.4 Å². The number of aromatic nitrogens is 10. The zero-order valence-corrected chi connectivity index (χ0v) is 45.2. The van der Waals surface area contributed by atoms with Crippen LogP contribution in [0.2, 0.25) is 0 Å². The van der Waals surface area contributed by atoms with Crippen molar-refractivity contribution < 1.29 is 35.0 Å². The molecule has 0 amide bonds. The Kier molecular flexibility index (Phi) is 14.5. The van der Waals surface area contributed by atoms with Crippen LogP contribution in [0.25, 0.3) is 72.8 Å². The van der Waals surface area contributed by atoms with Gasteiger partial charge in [-0.05, 0) is 128 Å². The van der Waals surface area contributed by atoms with Crippen molar-refractivity contribution in [1.29, 1.82) is 0 Å². The third-order valence-electron chi connectivity index (χ3n) is 15.5. The SMILES string of the molecule is Cc1cnc(N[C@H]2CCC[C@@H]2N2CC(F)(F)C2)nc1-c1c[nH]c2nc(-c3c(C)noc3C)ccc12.Cc1cnc(N[C@H]2CCC[C@@H]2N2CC(F)(F)C2)nc1-c1cn(-c2ccccc2)c2nc(-c3c(C)noc3C)ccc12.O=S=O. The van der Waals surface area contributed by atoms with Gasteiger partial charge < -0.3 is 29.2 Å². The number of aromatic amines is 1. The lowest BCUT2D eigenvalue weighted by Crippen LogP contribution is -2.62. The summed E-state index contributed by atoms with van der Waals surface area (Å²) in [7, 11) is 0. The molecule has 2 saturated heterocycles. The van der Waals surface area contributed by atoms with Crippen LogP contribution in [0.5, 0.6) is 0 Å². The molecule has 9 aromatic rings. The van der Waals surface area contributed by atoms with E-state index < -0.39 is 23.4 Å². The number of hydrogen-bond acceptors (Lipinski definition) is 16. The van der Waals surface area contributed by atoms with Crippen molar-refractivity contribution in [2.24, 2.45) is 0 Å². The number of aryl methyl sites for hydroxylation is 6. The summed E-state index contributed by atoms with van der Waals surface area (Å²) in [5.74, 6) is -2.65. The molecule has 3 N–H and O–H groups in total. The van der Waals surface area contributed by atoms with Crippen molar-refractivity contribution in [3.63, 3.8) is 0 Å². The highest BCUT2D eigenvalue weighted by Crippen LogP contribution is 2.40. The van der Waals surface area contributed by atoms with Gasteiger partial charge in [0.05, 0.1) is 71.5 Å². The first kappa shape index (κ1) is 53.3. The van der Waals surface area contributed by atoms with E-state index in [1.807, 2.05) is 112 Å². The molecule has 13 rings (SSSR count). The van der Waals surface area contributed by atoms with E-state index in [1.54, 1.807) is 6.20 Å². The van der Waals surface area contributed by atoms with Gasteiger partial charge in [0.15, 0.2) is 0 Å². The van der Waals surface area contributed by atoms with Gasteiger partial charge in [-0.3, -0.25) is 9.80 Å². The van der Waals surface area contributed by atoms with E-state index in [9.17, 15) is 17.6 Å². The van der Waals surface area contributed by atoms with Gasteiger partial charge in [0.25, 0.3) is 11.8 Å². The monoisotopic (exact) mass is 1100 g/mol. The topological polar surface area (TPSA) is 215 Å². The van der Waals surface area contributed by atoms with Crippen LogP contribution >= 0.6 is 0 Å². The van der Waals surface area contributed by atoms with Gasteiger partial charge in [0.2, 0.25) is 11.9 Å². The molecule has 410 valence electrons. The third-order valence-corrected chi connectivity index (χ3v) is 15.5. The van der Waals surface area contributed by atoms with Crippen LogP contribution in [0.4, 0.5) is 29.5 Å². The normalized spacial score (nSPS) is 20.5. The molecule has 2 saturated carbocycles. The van der Waals surface area contributed by atoms with E-state index in [4.69, 9.17) is 37.4 Å². The number of halogens is 4. The maximum Gasteiger partial charge on any atom is 0.335 e. The van der Waals surface area contributed by atoms with Crippen LogP contribution in [-0.4, -0.2) is 130 Å². The van der Waals surface area contributed by atoms with Gasteiger partial charge in [0, 0.05) is 76.5 Å². The van der Waals surface area contributed by atoms with E-state index in [2.05, 4.69) is 52.7 Å². The highest BCUT2D eigenvalue weighted by atomic mass is 32.1. The fourth-order valence-corrected chi connectivity index (χ4v) is 11.8. The van der Waals surface area contributed by atoms with Crippen molar-refractivity contribution >= 4 is 45.5 Å². The Labute approximate surface area is 455 Å². The largest absolute Gasteiger partial charge is 0.361 e. The Balaban J connectivity index is 0.000000161. The summed E-state index contributed by atoms with van der Waals surface area (Å²) in [5, 5.41) is 17.0. The first-order chi connectivity index (χ1) is 38.0. The zero-order chi connectivity index (χ0) is 55.3. The molecule has 0 radical (unpaired) electrons. The summed E-state index contributed by atoms with van der Waals surface area (Å²) in [6.45, 7) is 10.9. The summed E-state index contributed by atoms with van der Waals surface area (Å²) in [6, 6.07) is 18.4. The highest BCUT2D eigenvalue weighted by molar-refractivity contribution is 7.51. The molecule has 18 nitrogen and oxygen atoms in total. The lowest BCUT2D eigenvalue weighted by Gasteiger charge is -2.44. The average molecular weight is 1100 g/mol. The molecule has 10 heterocycles. The number of anilines is 2. The molecular weight excluding hydrogens is 1040 g/mol. The number of para-hydroxylation sites is 1. The van der Waals surface area contributed by atoms with E-state index >= 15 is 0 Å². The number of rotatable bonds is 11. The standard InChI is InChI=1S/C31H31F2N7O.C25H27F2N7O.O2S/c1-18-14-34-30(36-24-10-7-11-26(24)39-16-31(32,33)17-39)37-28(18)23-15-40(21-8-5-4-6-9-21)29-22(23)12-13-25(35-29)27-19(2)38-41-20(27)3;1-13-9-29-24(31-18-5-4-6-20(18)34-11-25(26,27)12-34)32-22(13)17-10-28-23-16(17)7-8-19(30-23)21-14(2)33-35-15(21)3;1-3-2/h4-6,8-9,12-15,24,26H,7,10-11,16-17H2,1-3H3,(H,34,36,37);7-10,18,20H,4-6,11-12H2,1-3H3,(H,28,30)(H,29,31,32);/t24-,26-;18-,20-;/m00./s1. The van der Waals surface area contributed by atoms with Crippen LogP contribution in [0, 0.1) is 41.5 Å². The fourth-order valence-electron chi connectivity index (χ4n) is 11.8. The molecule has 0 bridgehead atoms. The Hall–Kier alpha value is -7.76. The van der Waals surface area contributed by atoms with E-state index in [0.29, 0.717) is 11.9 Å². The second kappa shape index (κ2) is 21.5. The van der Waals surface area contributed by atoms with Gasteiger partial charge in [-0.1, -0.05) is 28.5 Å². The summed E-state index contributed by atoms with van der Waals surface area (Å²) >= 11 is -0.750. The lowest BCUT2D eigenvalue weighted by atomic mass is 10.0. The molecule has 4 aliphatic rings. The number of nitrogens with zero attached hydrogens (tertiary/aromatic N) is 11. The van der Waals surface area contributed by atoms with Crippen molar-refractivity contribution in [2.45, 2.75) is 116 Å². The number of hydrogen-bond donors (Lipinski definition) is 3. The number of pyridine rings is 2. The molecule has 0 unspecified atom stereocenters. The van der Waals surface area contributed by atoms with Crippen LogP contribution in [0.3, 0.4) is 0 Å². The maximum absolute atomic E-state index is 13.6. The molecule has 4 atom stereocenters. The minimum atomic E-state index is -2.58. The van der Waals surface area contributed by atoms with Crippen LogP contribution in [0.1, 0.15) is 72.6 Å². The van der Waals surface area contributed by atoms with Gasteiger partial charge in [-0.2, -0.15) is 8.42 Å². The summed E-state index contributed by atoms with van der Waals surface area (Å²) in [4.78, 5) is 35.8. The van der Waals surface area contributed by atoms with Gasteiger partial charge >= 0.3 is 11.6 Å². The molecular formula is C56H58F4N14O4S. The minimum absolute atomic E-state index is 0.0339. The number of nitrogens with one attached hydrogen (secondary N) is 3. The smallest absolute Gasteiger partial charge is 0.335 e. The summed E-state index contributed by atoms with van der Waals surface area (Å²) in [5.41, 5.74) is 12.9. The quantitative estimate of drug-likeness (QED) is 0.103. The molecule has 23 heteroatoms. The third kappa shape index (κ3) is 10.7. The van der Waals surface area contributed by atoms with Gasteiger partial charge in [0.1, 0.15) is 22.8 Å². The molecule has 1 aromatic carbocycles. The number of H-pyrrole nitrogens is 1. The Morgan fingerprint density at radius 2 is 1.11 bits per heavy atom. The predicted octanol–water partition coefficient (Wildman–Crippen LogP) is 10.6. The second-order valence-corrected chi connectivity index (χ2v) is 21.2. The number of fused-ring (bicyclic) bond motifs is 2. The zero-order valence-electron chi connectivity index (χ0n) is 44.4.